The summed E-state index contributed by atoms with van der Waals surface area (Å²) in [4.78, 5) is 8.12. The summed E-state index contributed by atoms with van der Waals surface area (Å²) in [5, 5.41) is 25.3. The van der Waals surface area contributed by atoms with Gasteiger partial charge in [0.15, 0.2) is 11.6 Å². The lowest BCUT2D eigenvalue weighted by molar-refractivity contribution is 0.0333. The molecule has 0 spiro atoms. The number of aromatic amines is 2. The van der Waals surface area contributed by atoms with E-state index in [1.54, 1.807) is 18.2 Å². The zero-order chi connectivity index (χ0) is 15.6. The Labute approximate surface area is 135 Å². The highest BCUT2D eigenvalue weighted by atomic mass is 35.5. The molecular formula is C13H12Cl2N6O. The molecule has 0 aliphatic rings. The van der Waals surface area contributed by atoms with E-state index in [4.69, 9.17) is 23.2 Å². The summed E-state index contributed by atoms with van der Waals surface area (Å²) in [7, 11) is 0. The minimum atomic E-state index is -1.36. The van der Waals surface area contributed by atoms with Crippen molar-refractivity contribution in [2.75, 3.05) is 0 Å². The average Bonchev–Trinajstić information content (AvgIpc) is 3.12. The van der Waals surface area contributed by atoms with Crippen LogP contribution in [0.5, 0.6) is 0 Å². The zero-order valence-corrected chi connectivity index (χ0v) is 12.8. The third-order valence-corrected chi connectivity index (χ3v) is 3.81. The van der Waals surface area contributed by atoms with Gasteiger partial charge in [-0.3, -0.25) is 10.2 Å². The molecular weight excluding hydrogens is 327 g/mol. The van der Waals surface area contributed by atoms with Crippen LogP contribution in [0.3, 0.4) is 0 Å². The van der Waals surface area contributed by atoms with E-state index in [1.807, 2.05) is 0 Å². The van der Waals surface area contributed by atoms with Gasteiger partial charge in [-0.2, -0.15) is 10.2 Å². The van der Waals surface area contributed by atoms with Crippen molar-refractivity contribution in [1.29, 1.82) is 0 Å². The van der Waals surface area contributed by atoms with Crippen LogP contribution in [0.1, 0.15) is 17.2 Å². The second kappa shape index (κ2) is 6.04. The first kappa shape index (κ1) is 15.0. The Morgan fingerprint density at radius 1 is 1.00 bits per heavy atom. The first-order valence-corrected chi connectivity index (χ1v) is 7.20. The van der Waals surface area contributed by atoms with Crippen molar-refractivity contribution < 1.29 is 5.11 Å². The molecule has 3 N–H and O–H groups in total. The topological polar surface area (TPSA) is 103 Å². The van der Waals surface area contributed by atoms with Gasteiger partial charge in [-0.15, -0.1) is 0 Å². The molecule has 0 aliphatic heterocycles. The molecule has 9 heteroatoms. The smallest absolute Gasteiger partial charge is 0.153 e. The molecule has 0 unspecified atom stereocenters. The first-order valence-electron chi connectivity index (χ1n) is 6.44. The van der Waals surface area contributed by atoms with E-state index in [-0.39, 0.29) is 12.8 Å². The van der Waals surface area contributed by atoms with Crippen LogP contribution in [0.25, 0.3) is 0 Å². The largest absolute Gasteiger partial charge is 0.384 e. The highest BCUT2D eigenvalue weighted by molar-refractivity contribution is 6.35. The molecule has 1 aromatic carbocycles. The molecule has 114 valence electrons. The predicted octanol–water partition coefficient (Wildman–Crippen LogP) is 1.90. The summed E-state index contributed by atoms with van der Waals surface area (Å²) in [6, 6.07) is 4.94. The van der Waals surface area contributed by atoms with Crippen LogP contribution in [-0.2, 0) is 18.4 Å². The summed E-state index contributed by atoms with van der Waals surface area (Å²) in [6.07, 6.45) is 3.22. The Hall–Kier alpha value is -1.96. The van der Waals surface area contributed by atoms with Crippen LogP contribution in [0, 0.1) is 0 Å². The van der Waals surface area contributed by atoms with E-state index in [2.05, 4.69) is 30.4 Å². The number of benzene rings is 1. The van der Waals surface area contributed by atoms with E-state index in [9.17, 15) is 5.11 Å². The first-order chi connectivity index (χ1) is 10.6. The van der Waals surface area contributed by atoms with Crippen LogP contribution in [0.2, 0.25) is 10.0 Å². The molecule has 0 saturated carbocycles. The lowest BCUT2D eigenvalue weighted by Crippen LogP contribution is -2.32. The van der Waals surface area contributed by atoms with Gasteiger partial charge in [0.2, 0.25) is 0 Å². The molecule has 2 heterocycles. The van der Waals surface area contributed by atoms with E-state index >= 15 is 0 Å². The predicted molar refractivity (Wildman–Crippen MR) is 80.5 cm³/mol. The zero-order valence-electron chi connectivity index (χ0n) is 11.3. The fraction of sp³-hybridized carbons (Fsp3) is 0.231. The number of nitrogens with one attached hydrogen (secondary N) is 2. The molecule has 0 saturated heterocycles. The lowest BCUT2D eigenvalue weighted by Gasteiger charge is -2.27. The second-order valence-corrected chi connectivity index (χ2v) is 5.68. The quantitative estimate of drug-likeness (QED) is 0.659. The molecule has 0 bridgehead atoms. The number of hydrogen-bond acceptors (Lipinski definition) is 5. The fourth-order valence-electron chi connectivity index (χ4n) is 2.28. The summed E-state index contributed by atoms with van der Waals surface area (Å²) >= 11 is 12.2. The Morgan fingerprint density at radius 3 is 2.05 bits per heavy atom. The van der Waals surface area contributed by atoms with Crippen molar-refractivity contribution in [3.8, 4) is 0 Å². The van der Waals surface area contributed by atoms with Gasteiger partial charge in [-0.25, -0.2) is 9.97 Å². The molecule has 0 amide bonds. The molecule has 0 aliphatic carbocycles. The van der Waals surface area contributed by atoms with Crippen molar-refractivity contribution in [3.63, 3.8) is 0 Å². The van der Waals surface area contributed by atoms with Crippen LogP contribution >= 0.6 is 23.2 Å². The van der Waals surface area contributed by atoms with Crippen molar-refractivity contribution >= 4 is 23.2 Å². The van der Waals surface area contributed by atoms with Crippen molar-refractivity contribution in [3.05, 3.63) is 58.1 Å². The Kier molecular flexibility index (Phi) is 4.10. The number of aliphatic hydroxyl groups is 1. The van der Waals surface area contributed by atoms with Gasteiger partial charge in [0.1, 0.15) is 18.3 Å². The summed E-state index contributed by atoms with van der Waals surface area (Å²) < 4.78 is 0. The van der Waals surface area contributed by atoms with Crippen molar-refractivity contribution in [1.82, 2.24) is 30.4 Å². The van der Waals surface area contributed by atoms with Gasteiger partial charge >= 0.3 is 0 Å². The molecule has 2 aromatic heterocycles. The summed E-state index contributed by atoms with van der Waals surface area (Å²) in [5.41, 5.74) is -0.834. The van der Waals surface area contributed by atoms with Crippen LogP contribution in [0.15, 0.2) is 30.9 Å². The van der Waals surface area contributed by atoms with Crippen molar-refractivity contribution in [2.24, 2.45) is 0 Å². The molecule has 0 radical (unpaired) electrons. The number of halogens is 2. The summed E-state index contributed by atoms with van der Waals surface area (Å²) in [6.45, 7) is 0. The monoisotopic (exact) mass is 338 g/mol. The van der Waals surface area contributed by atoms with Gasteiger partial charge < -0.3 is 5.11 Å². The fourth-order valence-corrected chi connectivity index (χ4v) is 2.87. The highest BCUT2D eigenvalue weighted by Gasteiger charge is 2.34. The molecule has 0 atom stereocenters. The molecule has 3 rings (SSSR count). The number of hydrogen-bond donors (Lipinski definition) is 3. The van der Waals surface area contributed by atoms with Gasteiger partial charge in [-0.1, -0.05) is 29.3 Å². The number of rotatable bonds is 5. The van der Waals surface area contributed by atoms with Gasteiger partial charge in [0.05, 0.1) is 0 Å². The molecule has 3 aromatic rings. The molecule has 22 heavy (non-hydrogen) atoms. The van der Waals surface area contributed by atoms with Crippen LogP contribution in [-0.4, -0.2) is 35.5 Å². The van der Waals surface area contributed by atoms with Gasteiger partial charge in [0.25, 0.3) is 0 Å². The maximum Gasteiger partial charge on any atom is 0.153 e. The minimum absolute atomic E-state index is 0.159. The maximum atomic E-state index is 11.2. The van der Waals surface area contributed by atoms with E-state index in [0.29, 0.717) is 27.3 Å². The third-order valence-electron chi connectivity index (χ3n) is 3.26. The maximum absolute atomic E-state index is 11.2. The third kappa shape index (κ3) is 3.11. The number of H-pyrrole nitrogens is 2. The molecule has 7 nitrogen and oxygen atoms in total. The summed E-state index contributed by atoms with van der Waals surface area (Å²) in [5.74, 6) is 0.924. The SMILES string of the molecule is OC(Cc1nc[nH]n1)(Cc1nc[nH]n1)c1ccc(Cl)cc1Cl. The second-order valence-electron chi connectivity index (χ2n) is 4.84. The highest BCUT2D eigenvalue weighted by Crippen LogP contribution is 2.34. The number of nitrogens with zero attached hydrogens (tertiary/aromatic N) is 4. The Morgan fingerprint density at radius 2 is 1.59 bits per heavy atom. The number of aromatic nitrogens is 6. The van der Waals surface area contributed by atoms with E-state index in [1.165, 1.54) is 12.7 Å². The Balaban J connectivity index is 2.01. The average molecular weight is 339 g/mol. The van der Waals surface area contributed by atoms with E-state index in [0.717, 1.165) is 0 Å². The van der Waals surface area contributed by atoms with Gasteiger partial charge in [0, 0.05) is 28.5 Å². The Bertz CT molecular complexity index is 708. The lowest BCUT2D eigenvalue weighted by atomic mass is 9.86. The van der Waals surface area contributed by atoms with Crippen molar-refractivity contribution in [2.45, 2.75) is 18.4 Å². The van der Waals surface area contributed by atoms with Gasteiger partial charge in [-0.05, 0) is 12.1 Å². The van der Waals surface area contributed by atoms with Crippen LogP contribution < -0.4 is 0 Å². The van der Waals surface area contributed by atoms with E-state index < -0.39 is 5.60 Å². The molecule has 0 fully saturated rings. The standard InChI is InChI=1S/C13H12Cl2N6O/c14-8-1-2-9(10(15)3-8)13(22,4-11-16-6-18-20-11)5-12-17-7-19-21-12/h1-3,6-7,22H,4-5H2,(H,16,18,20)(H,17,19,21). The minimum Gasteiger partial charge on any atom is -0.384 e. The normalized spacial score (nSPS) is 11.8. The van der Waals surface area contributed by atoms with Crippen LogP contribution in [0.4, 0.5) is 0 Å².